The molecule has 0 N–H and O–H groups in total. The van der Waals surface area contributed by atoms with Gasteiger partial charge in [0, 0.05) is 20.9 Å². The number of methoxy groups -OCH3 is 2. The number of esters is 2. The van der Waals surface area contributed by atoms with Gasteiger partial charge in [0.25, 0.3) is 0 Å². The van der Waals surface area contributed by atoms with Gasteiger partial charge in [0.15, 0.2) is 0 Å². The molecule has 0 aliphatic rings. The third-order valence-electron chi connectivity index (χ3n) is 3.65. The fourth-order valence-corrected chi connectivity index (χ4v) is 5.32. The van der Waals surface area contributed by atoms with Crippen LogP contribution in [0.1, 0.15) is 20.7 Å². The Kier molecular flexibility index (Phi) is 5.96. The Morgan fingerprint density at radius 1 is 0.769 bits per heavy atom. The molecule has 0 unspecified atom stereocenters. The average Bonchev–Trinajstić information content (AvgIpc) is 3.27. The summed E-state index contributed by atoms with van der Waals surface area (Å²) in [7, 11) is 2.68. The maximum absolute atomic E-state index is 12.4. The van der Waals surface area contributed by atoms with Crippen molar-refractivity contribution in [3.63, 3.8) is 0 Å². The molecule has 2 aromatic heterocycles. The van der Waals surface area contributed by atoms with Crippen molar-refractivity contribution in [3.8, 4) is 20.9 Å². The number of ether oxygens (including phenoxy) is 2. The number of benzene rings is 1. The fourth-order valence-electron chi connectivity index (χ4n) is 2.48. The van der Waals surface area contributed by atoms with Crippen molar-refractivity contribution >= 4 is 66.5 Å². The lowest BCUT2D eigenvalue weighted by atomic mass is 9.96. The van der Waals surface area contributed by atoms with Crippen molar-refractivity contribution in [2.45, 2.75) is 0 Å². The Morgan fingerprint density at radius 3 is 1.42 bits per heavy atom. The summed E-state index contributed by atoms with van der Waals surface area (Å²) in [5, 5.41) is 0. The van der Waals surface area contributed by atoms with E-state index in [1.807, 2.05) is 24.3 Å². The highest BCUT2D eigenvalue weighted by Crippen LogP contribution is 2.40. The van der Waals surface area contributed by atoms with Gasteiger partial charge in [-0.2, -0.15) is 0 Å². The lowest BCUT2D eigenvalue weighted by Crippen LogP contribution is -2.09. The van der Waals surface area contributed by atoms with Gasteiger partial charge >= 0.3 is 11.9 Å². The summed E-state index contributed by atoms with van der Waals surface area (Å²) < 4.78 is 11.8. The lowest BCUT2D eigenvalue weighted by Gasteiger charge is -2.13. The summed E-state index contributed by atoms with van der Waals surface area (Å²) in [4.78, 5) is 26.5. The van der Waals surface area contributed by atoms with Gasteiger partial charge in [-0.25, -0.2) is 9.59 Å². The Morgan fingerprint density at radius 2 is 1.15 bits per heavy atom. The number of halogens is 2. The van der Waals surface area contributed by atoms with E-state index >= 15 is 0 Å². The number of rotatable bonds is 4. The van der Waals surface area contributed by atoms with E-state index in [-0.39, 0.29) is 0 Å². The van der Waals surface area contributed by atoms with E-state index in [0.29, 0.717) is 22.3 Å². The molecule has 134 valence electrons. The van der Waals surface area contributed by atoms with Gasteiger partial charge < -0.3 is 9.47 Å². The smallest absolute Gasteiger partial charge is 0.338 e. The minimum atomic E-state index is -0.460. The lowest BCUT2D eigenvalue weighted by molar-refractivity contribution is 0.0588. The topological polar surface area (TPSA) is 52.6 Å². The molecule has 0 bridgehead atoms. The number of hydrogen-bond donors (Lipinski definition) is 0. The molecule has 0 atom stereocenters. The SMILES string of the molecule is COC(=O)c1cc(-c2ccc(Br)s2)c(C(=O)OC)cc1-c1ccc(Br)s1. The minimum Gasteiger partial charge on any atom is -0.465 e. The molecule has 0 fully saturated rings. The predicted molar refractivity (Wildman–Crippen MR) is 111 cm³/mol. The van der Waals surface area contributed by atoms with Crippen molar-refractivity contribution in [1.82, 2.24) is 0 Å². The first-order valence-corrected chi connectivity index (χ1v) is 10.5. The second kappa shape index (κ2) is 8.04. The van der Waals surface area contributed by atoms with Crippen molar-refractivity contribution in [3.05, 3.63) is 55.1 Å². The van der Waals surface area contributed by atoms with Gasteiger partial charge in [-0.15, -0.1) is 22.7 Å². The largest absolute Gasteiger partial charge is 0.465 e. The summed E-state index contributed by atoms with van der Waals surface area (Å²) in [5.41, 5.74) is 2.06. The maximum atomic E-state index is 12.4. The number of thiophene rings is 2. The molecule has 1 aromatic carbocycles. The first-order chi connectivity index (χ1) is 12.4. The van der Waals surface area contributed by atoms with Crippen LogP contribution in [0.2, 0.25) is 0 Å². The molecular weight excluding hydrogens is 504 g/mol. The van der Waals surface area contributed by atoms with Crippen molar-refractivity contribution in [1.29, 1.82) is 0 Å². The summed E-state index contributed by atoms with van der Waals surface area (Å²) >= 11 is 9.80. The molecule has 2 heterocycles. The average molecular weight is 516 g/mol. The van der Waals surface area contributed by atoms with E-state index in [1.54, 1.807) is 12.1 Å². The van der Waals surface area contributed by atoms with Crippen LogP contribution in [0.4, 0.5) is 0 Å². The molecule has 3 aromatic rings. The van der Waals surface area contributed by atoms with Crippen LogP contribution in [0.25, 0.3) is 20.9 Å². The standard InChI is InChI=1S/C18H12Br2O4S2/c1-23-17(21)11-7-10(14-4-6-16(20)26-14)12(18(22)24-2)8-9(11)13-3-5-15(19)25-13/h3-8H,1-2H3. The molecule has 26 heavy (non-hydrogen) atoms. The van der Waals surface area contributed by atoms with E-state index < -0.39 is 11.9 Å². The predicted octanol–water partition coefficient (Wildman–Crippen LogP) is 6.24. The molecule has 0 spiro atoms. The van der Waals surface area contributed by atoms with E-state index in [1.165, 1.54) is 36.9 Å². The molecular formula is C18H12Br2O4S2. The van der Waals surface area contributed by atoms with Gasteiger partial charge in [-0.3, -0.25) is 0 Å². The van der Waals surface area contributed by atoms with Crippen LogP contribution in [-0.2, 0) is 9.47 Å². The van der Waals surface area contributed by atoms with Crippen LogP contribution in [0.15, 0.2) is 44.0 Å². The van der Waals surface area contributed by atoms with Crippen LogP contribution in [0.3, 0.4) is 0 Å². The molecule has 0 amide bonds. The monoisotopic (exact) mass is 514 g/mol. The Balaban J connectivity index is 2.31. The van der Waals surface area contributed by atoms with E-state index in [9.17, 15) is 9.59 Å². The Hall–Kier alpha value is -1.48. The van der Waals surface area contributed by atoms with Crippen LogP contribution in [-0.4, -0.2) is 26.2 Å². The molecule has 0 saturated heterocycles. The summed E-state index contributed by atoms with van der Waals surface area (Å²) in [6.45, 7) is 0. The van der Waals surface area contributed by atoms with Crippen molar-refractivity contribution in [2.24, 2.45) is 0 Å². The van der Waals surface area contributed by atoms with Crippen LogP contribution in [0.5, 0.6) is 0 Å². The third-order valence-corrected chi connectivity index (χ3v) is 6.96. The second-order valence-corrected chi connectivity index (χ2v) is 10.1. The molecule has 0 aliphatic heterocycles. The normalized spacial score (nSPS) is 10.6. The molecule has 0 saturated carbocycles. The molecule has 4 nitrogen and oxygen atoms in total. The van der Waals surface area contributed by atoms with Gasteiger partial charge in [0.1, 0.15) is 0 Å². The first kappa shape index (κ1) is 19.3. The zero-order valence-electron chi connectivity index (χ0n) is 13.7. The van der Waals surface area contributed by atoms with Crippen molar-refractivity contribution < 1.29 is 19.1 Å². The first-order valence-electron chi connectivity index (χ1n) is 7.30. The molecule has 3 rings (SSSR count). The van der Waals surface area contributed by atoms with Crippen LogP contribution in [0, 0.1) is 0 Å². The Bertz CT molecular complexity index is 911. The van der Waals surface area contributed by atoms with E-state index in [2.05, 4.69) is 31.9 Å². The molecule has 0 aliphatic carbocycles. The van der Waals surface area contributed by atoms with Gasteiger partial charge in [0.05, 0.1) is 32.9 Å². The summed E-state index contributed by atoms with van der Waals surface area (Å²) in [5.74, 6) is -0.921. The van der Waals surface area contributed by atoms with Crippen molar-refractivity contribution in [2.75, 3.05) is 14.2 Å². The quantitative estimate of drug-likeness (QED) is 0.386. The highest BCUT2D eigenvalue weighted by Gasteiger charge is 2.23. The number of carbonyl (C=O) groups excluding carboxylic acids is 2. The van der Waals surface area contributed by atoms with Crippen LogP contribution < -0.4 is 0 Å². The van der Waals surface area contributed by atoms with Gasteiger partial charge in [-0.1, -0.05) is 0 Å². The Labute approximate surface area is 175 Å². The summed E-state index contributed by atoms with van der Waals surface area (Å²) in [6, 6.07) is 10.9. The molecule has 8 heteroatoms. The van der Waals surface area contributed by atoms with Crippen LogP contribution >= 0.6 is 54.5 Å². The maximum Gasteiger partial charge on any atom is 0.338 e. The highest BCUT2D eigenvalue weighted by molar-refractivity contribution is 9.11. The highest BCUT2D eigenvalue weighted by atomic mass is 79.9. The zero-order valence-corrected chi connectivity index (χ0v) is 18.5. The second-order valence-electron chi connectivity index (χ2n) is 5.13. The minimum absolute atomic E-state index is 0.397. The number of hydrogen-bond acceptors (Lipinski definition) is 6. The zero-order chi connectivity index (χ0) is 18.8. The van der Waals surface area contributed by atoms with Gasteiger partial charge in [-0.05, 0) is 68.3 Å². The fraction of sp³-hybridized carbons (Fsp3) is 0.111. The summed E-state index contributed by atoms with van der Waals surface area (Å²) in [6.07, 6.45) is 0. The number of carbonyl (C=O) groups is 2. The van der Waals surface area contributed by atoms with E-state index in [4.69, 9.17) is 9.47 Å². The van der Waals surface area contributed by atoms with E-state index in [0.717, 1.165) is 17.3 Å². The van der Waals surface area contributed by atoms with Gasteiger partial charge in [0.2, 0.25) is 0 Å². The molecule has 0 radical (unpaired) electrons. The third kappa shape index (κ3) is 3.78.